The first kappa shape index (κ1) is 17.9. The van der Waals surface area contributed by atoms with E-state index in [4.69, 9.17) is 0 Å². The molecule has 0 aliphatic carbocycles. The van der Waals surface area contributed by atoms with E-state index in [-0.39, 0.29) is 5.78 Å². The van der Waals surface area contributed by atoms with Crippen LogP contribution in [0, 0.1) is 0 Å². The standard InChI is InChI=1S/C18H30O/c1-3-4-5-6-7-8-9-10-11-12-13-14-15-16-17-18(2)19/h12-17H,3-11H2,1-2H3. The summed E-state index contributed by atoms with van der Waals surface area (Å²) in [5.41, 5.74) is 0. The number of ketones is 1. The molecule has 108 valence electrons. The van der Waals surface area contributed by atoms with E-state index in [1.807, 2.05) is 12.2 Å². The van der Waals surface area contributed by atoms with Crippen LogP contribution in [0.15, 0.2) is 36.5 Å². The van der Waals surface area contributed by atoms with E-state index in [9.17, 15) is 4.79 Å². The Bertz CT molecular complexity index is 284. The van der Waals surface area contributed by atoms with Crippen molar-refractivity contribution in [2.24, 2.45) is 0 Å². The van der Waals surface area contributed by atoms with Gasteiger partial charge in [-0.15, -0.1) is 0 Å². The van der Waals surface area contributed by atoms with Crippen molar-refractivity contribution in [3.63, 3.8) is 0 Å². The number of carbonyl (C=O) groups excluding carboxylic acids is 1. The molecule has 0 rings (SSSR count). The highest BCUT2D eigenvalue weighted by Gasteiger charge is 1.89. The summed E-state index contributed by atoms with van der Waals surface area (Å²) in [7, 11) is 0. The van der Waals surface area contributed by atoms with Gasteiger partial charge in [0, 0.05) is 0 Å². The summed E-state index contributed by atoms with van der Waals surface area (Å²) >= 11 is 0. The molecule has 0 aromatic carbocycles. The SMILES string of the molecule is CCCCCCCCCCC=CC=CC=CC(C)=O. The van der Waals surface area contributed by atoms with E-state index in [2.05, 4.69) is 19.1 Å². The molecule has 1 nitrogen and oxygen atoms in total. The van der Waals surface area contributed by atoms with Crippen LogP contribution < -0.4 is 0 Å². The molecule has 0 aliphatic rings. The maximum absolute atomic E-state index is 10.6. The van der Waals surface area contributed by atoms with Gasteiger partial charge < -0.3 is 0 Å². The number of hydrogen-bond donors (Lipinski definition) is 0. The van der Waals surface area contributed by atoms with Gasteiger partial charge in [-0.05, 0) is 25.8 Å². The second-order valence-corrected chi connectivity index (χ2v) is 5.05. The summed E-state index contributed by atoms with van der Waals surface area (Å²) in [6.07, 6.45) is 23.6. The predicted molar refractivity (Wildman–Crippen MR) is 85.3 cm³/mol. The zero-order valence-corrected chi connectivity index (χ0v) is 12.7. The minimum Gasteiger partial charge on any atom is -0.295 e. The third-order valence-electron chi connectivity index (χ3n) is 3.02. The Balaban J connectivity index is 3.27. The molecule has 0 atom stereocenters. The molecule has 0 radical (unpaired) electrons. The minimum atomic E-state index is 0.0903. The highest BCUT2D eigenvalue weighted by molar-refractivity contribution is 5.87. The van der Waals surface area contributed by atoms with Crippen molar-refractivity contribution in [1.82, 2.24) is 0 Å². The Morgan fingerprint density at radius 3 is 2.00 bits per heavy atom. The van der Waals surface area contributed by atoms with Gasteiger partial charge in [-0.1, -0.05) is 82.2 Å². The van der Waals surface area contributed by atoms with Gasteiger partial charge in [0.1, 0.15) is 0 Å². The number of carbonyl (C=O) groups is 1. The van der Waals surface area contributed by atoms with E-state index in [0.29, 0.717) is 0 Å². The number of hydrogen-bond acceptors (Lipinski definition) is 1. The monoisotopic (exact) mass is 262 g/mol. The molecule has 0 aliphatic heterocycles. The van der Waals surface area contributed by atoms with E-state index >= 15 is 0 Å². The van der Waals surface area contributed by atoms with Crippen molar-refractivity contribution >= 4 is 5.78 Å². The molecule has 0 aromatic rings. The molecule has 1 heteroatoms. The third-order valence-corrected chi connectivity index (χ3v) is 3.02. The van der Waals surface area contributed by atoms with Gasteiger partial charge in [0.15, 0.2) is 5.78 Å². The van der Waals surface area contributed by atoms with Crippen LogP contribution in [0.25, 0.3) is 0 Å². The third kappa shape index (κ3) is 16.9. The lowest BCUT2D eigenvalue weighted by Gasteiger charge is -1.99. The van der Waals surface area contributed by atoms with Gasteiger partial charge in [0.2, 0.25) is 0 Å². The summed E-state index contributed by atoms with van der Waals surface area (Å²) in [5.74, 6) is 0.0903. The first-order valence-electron chi connectivity index (χ1n) is 7.77. The van der Waals surface area contributed by atoms with Crippen LogP contribution in [0.1, 0.15) is 71.6 Å². The summed E-state index contributed by atoms with van der Waals surface area (Å²) < 4.78 is 0. The zero-order valence-electron chi connectivity index (χ0n) is 12.7. The molecule has 19 heavy (non-hydrogen) atoms. The molecule has 0 heterocycles. The van der Waals surface area contributed by atoms with Crippen molar-refractivity contribution in [3.8, 4) is 0 Å². The lowest BCUT2D eigenvalue weighted by atomic mass is 10.1. The highest BCUT2D eigenvalue weighted by Crippen LogP contribution is 2.09. The van der Waals surface area contributed by atoms with Gasteiger partial charge in [0.05, 0.1) is 0 Å². The summed E-state index contributed by atoms with van der Waals surface area (Å²) in [5, 5.41) is 0. The fourth-order valence-corrected chi connectivity index (χ4v) is 1.89. The van der Waals surface area contributed by atoms with Gasteiger partial charge in [0.25, 0.3) is 0 Å². The topological polar surface area (TPSA) is 17.1 Å². The lowest BCUT2D eigenvalue weighted by molar-refractivity contribution is -0.112. The Morgan fingerprint density at radius 1 is 0.789 bits per heavy atom. The van der Waals surface area contributed by atoms with E-state index in [1.165, 1.54) is 51.4 Å². The molecule has 0 bridgehead atoms. The maximum Gasteiger partial charge on any atom is 0.152 e. The number of allylic oxidation sites excluding steroid dienone is 6. The fourth-order valence-electron chi connectivity index (χ4n) is 1.89. The molecule has 0 saturated heterocycles. The average Bonchev–Trinajstić information content (AvgIpc) is 2.39. The largest absolute Gasteiger partial charge is 0.295 e. The Kier molecular flexibility index (Phi) is 14.1. The van der Waals surface area contributed by atoms with Crippen LogP contribution >= 0.6 is 0 Å². The van der Waals surface area contributed by atoms with Gasteiger partial charge in [-0.2, -0.15) is 0 Å². The highest BCUT2D eigenvalue weighted by atomic mass is 16.1. The number of rotatable bonds is 12. The second-order valence-electron chi connectivity index (χ2n) is 5.05. The molecular formula is C18H30O. The molecule has 0 unspecified atom stereocenters. The zero-order chi connectivity index (χ0) is 14.2. The van der Waals surface area contributed by atoms with Crippen molar-refractivity contribution in [2.45, 2.75) is 71.6 Å². The summed E-state index contributed by atoms with van der Waals surface area (Å²) in [6.45, 7) is 3.82. The van der Waals surface area contributed by atoms with E-state index in [0.717, 1.165) is 6.42 Å². The van der Waals surface area contributed by atoms with Crippen LogP contribution in [0.3, 0.4) is 0 Å². The average molecular weight is 262 g/mol. The Morgan fingerprint density at radius 2 is 1.37 bits per heavy atom. The van der Waals surface area contributed by atoms with Crippen LogP contribution in [0.2, 0.25) is 0 Å². The normalized spacial score (nSPS) is 12.1. The molecular weight excluding hydrogens is 232 g/mol. The summed E-state index contributed by atoms with van der Waals surface area (Å²) in [4.78, 5) is 10.6. The first-order valence-corrected chi connectivity index (χ1v) is 7.77. The van der Waals surface area contributed by atoms with Crippen molar-refractivity contribution in [3.05, 3.63) is 36.5 Å². The molecule has 0 aromatic heterocycles. The molecule has 0 N–H and O–H groups in total. The van der Waals surface area contributed by atoms with Crippen LogP contribution in [0.5, 0.6) is 0 Å². The smallest absolute Gasteiger partial charge is 0.152 e. The lowest BCUT2D eigenvalue weighted by Crippen LogP contribution is -1.79. The van der Waals surface area contributed by atoms with Crippen LogP contribution in [0.4, 0.5) is 0 Å². The maximum atomic E-state index is 10.6. The molecule has 0 spiro atoms. The quantitative estimate of drug-likeness (QED) is 0.248. The minimum absolute atomic E-state index is 0.0903. The van der Waals surface area contributed by atoms with Crippen LogP contribution in [-0.4, -0.2) is 5.78 Å². The second kappa shape index (κ2) is 14.9. The van der Waals surface area contributed by atoms with E-state index in [1.54, 1.807) is 19.1 Å². The van der Waals surface area contributed by atoms with Crippen molar-refractivity contribution in [2.75, 3.05) is 0 Å². The Hall–Kier alpha value is -1.11. The molecule has 0 saturated carbocycles. The summed E-state index contributed by atoms with van der Waals surface area (Å²) in [6, 6.07) is 0. The molecule has 0 amide bonds. The van der Waals surface area contributed by atoms with Gasteiger partial charge >= 0.3 is 0 Å². The van der Waals surface area contributed by atoms with Crippen LogP contribution in [-0.2, 0) is 4.79 Å². The van der Waals surface area contributed by atoms with Crippen molar-refractivity contribution < 1.29 is 4.79 Å². The number of unbranched alkanes of at least 4 members (excludes halogenated alkanes) is 8. The fraction of sp³-hybridized carbons (Fsp3) is 0.611. The molecule has 0 fully saturated rings. The first-order chi connectivity index (χ1) is 9.27. The van der Waals surface area contributed by atoms with E-state index < -0.39 is 0 Å². The van der Waals surface area contributed by atoms with Gasteiger partial charge in [-0.25, -0.2) is 0 Å². The van der Waals surface area contributed by atoms with Crippen molar-refractivity contribution in [1.29, 1.82) is 0 Å². The Labute approximate surface area is 119 Å². The predicted octanol–water partition coefficient (Wildman–Crippen LogP) is 5.77. The van der Waals surface area contributed by atoms with Gasteiger partial charge in [-0.3, -0.25) is 4.79 Å².